The first-order valence-corrected chi connectivity index (χ1v) is 10.5. The van der Waals surface area contributed by atoms with E-state index in [1.54, 1.807) is 42.5 Å². The fraction of sp³-hybridized carbons (Fsp3) is 0.0952. The number of para-hydroxylation sites is 1. The Morgan fingerprint density at radius 2 is 1.90 bits per heavy atom. The van der Waals surface area contributed by atoms with Crippen molar-refractivity contribution in [3.63, 3.8) is 0 Å². The van der Waals surface area contributed by atoms with Crippen LogP contribution in [0.2, 0.25) is 0 Å². The van der Waals surface area contributed by atoms with Crippen molar-refractivity contribution >= 4 is 21.5 Å². The van der Waals surface area contributed by atoms with E-state index in [1.807, 2.05) is 0 Å². The third kappa shape index (κ3) is 4.15. The van der Waals surface area contributed by atoms with Crippen molar-refractivity contribution in [3.8, 4) is 11.6 Å². The van der Waals surface area contributed by atoms with Gasteiger partial charge in [0.25, 0.3) is 10.0 Å². The maximum Gasteiger partial charge on any atom is 0.261 e. The zero-order valence-electron chi connectivity index (χ0n) is 15.9. The average molecular weight is 423 g/mol. The smallest absolute Gasteiger partial charge is 0.261 e. The summed E-state index contributed by atoms with van der Waals surface area (Å²) < 4.78 is 38.8. The van der Waals surface area contributed by atoms with Crippen molar-refractivity contribution in [2.24, 2.45) is 0 Å². The molecule has 0 saturated carbocycles. The molecule has 152 valence electrons. The minimum atomic E-state index is -3.90. The second-order valence-corrected chi connectivity index (χ2v) is 8.19. The van der Waals surface area contributed by atoms with Crippen molar-refractivity contribution in [3.05, 3.63) is 83.9 Å². The Morgan fingerprint density at radius 3 is 2.67 bits per heavy atom. The second-order valence-electron chi connectivity index (χ2n) is 6.51. The lowest BCUT2D eigenvalue weighted by molar-refractivity contribution is 0.101. The number of carbonyl (C=O) groups is 1. The predicted molar refractivity (Wildman–Crippen MR) is 109 cm³/mol. The normalized spacial score (nSPS) is 11.4. The number of hydrogen-bond acceptors (Lipinski definition) is 7. The summed E-state index contributed by atoms with van der Waals surface area (Å²) in [5.41, 5.74) is 1.35. The number of ketones is 1. The van der Waals surface area contributed by atoms with Gasteiger partial charge in [0, 0.05) is 5.56 Å². The molecule has 30 heavy (non-hydrogen) atoms. The Kier molecular flexibility index (Phi) is 5.20. The zero-order chi connectivity index (χ0) is 21.1. The van der Waals surface area contributed by atoms with Gasteiger partial charge in [-0.25, -0.2) is 8.42 Å². The van der Waals surface area contributed by atoms with Gasteiger partial charge in [0.05, 0.1) is 23.3 Å². The van der Waals surface area contributed by atoms with Gasteiger partial charge in [-0.1, -0.05) is 35.5 Å². The van der Waals surface area contributed by atoms with Crippen LogP contribution in [-0.4, -0.2) is 24.3 Å². The first kappa shape index (κ1) is 19.6. The summed E-state index contributed by atoms with van der Waals surface area (Å²) in [5.74, 6) is 0.890. The number of hydrogen-bond donors (Lipinski definition) is 1. The van der Waals surface area contributed by atoms with Crippen LogP contribution in [0, 0.1) is 0 Å². The van der Waals surface area contributed by atoms with E-state index >= 15 is 0 Å². The Morgan fingerprint density at radius 1 is 1.07 bits per heavy atom. The van der Waals surface area contributed by atoms with E-state index in [-0.39, 0.29) is 17.1 Å². The molecule has 0 unspecified atom stereocenters. The minimum absolute atomic E-state index is 0.00268. The SMILES string of the molecule is CC(=O)c1cccc(S(=O)(=O)Nc2ccccc2Cc2nc(-c3ccco3)no2)c1. The van der Waals surface area contributed by atoms with Gasteiger partial charge in [-0.3, -0.25) is 9.52 Å². The Labute approximate surface area is 172 Å². The van der Waals surface area contributed by atoms with E-state index < -0.39 is 10.0 Å². The summed E-state index contributed by atoms with van der Waals surface area (Å²) in [6, 6.07) is 16.2. The number of furan rings is 1. The summed E-state index contributed by atoms with van der Waals surface area (Å²) in [7, 11) is -3.90. The average Bonchev–Trinajstić information content (AvgIpc) is 3.41. The molecule has 0 aliphatic carbocycles. The highest BCUT2D eigenvalue weighted by atomic mass is 32.2. The maximum absolute atomic E-state index is 12.9. The molecule has 0 saturated heterocycles. The number of nitrogens with one attached hydrogen (secondary N) is 1. The van der Waals surface area contributed by atoms with Gasteiger partial charge in [0.15, 0.2) is 11.5 Å². The zero-order valence-corrected chi connectivity index (χ0v) is 16.7. The monoisotopic (exact) mass is 423 g/mol. The molecular formula is C21H17N3O5S. The molecule has 2 aromatic heterocycles. The molecule has 2 aromatic carbocycles. The Bertz CT molecular complexity index is 1290. The second kappa shape index (κ2) is 7.96. The van der Waals surface area contributed by atoms with Gasteiger partial charge in [-0.2, -0.15) is 4.98 Å². The van der Waals surface area contributed by atoms with Crippen molar-refractivity contribution < 1.29 is 22.2 Å². The first-order chi connectivity index (χ1) is 14.4. The molecule has 0 bridgehead atoms. The first-order valence-electron chi connectivity index (χ1n) is 9.00. The molecule has 0 aliphatic rings. The molecule has 0 aliphatic heterocycles. The van der Waals surface area contributed by atoms with E-state index in [2.05, 4.69) is 14.9 Å². The fourth-order valence-corrected chi connectivity index (χ4v) is 4.00. The molecule has 0 spiro atoms. The highest BCUT2D eigenvalue weighted by Crippen LogP contribution is 2.24. The van der Waals surface area contributed by atoms with Crippen LogP contribution in [-0.2, 0) is 16.4 Å². The van der Waals surface area contributed by atoms with E-state index in [1.165, 1.54) is 31.4 Å². The maximum atomic E-state index is 12.9. The van der Waals surface area contributed by atoms with Crippen molar-refractivity contribution in [1.82, 2.24) is 10.1 Å². The molecule has 0 fully saturated rings. The lowest BCUT2D eigenvalue weighted by atomic mass is 10.1. The fourth-order valence-electron chi connectivity index (χ4n) is 2.86. The predicted octanol–water partition coefficient (Wildman–Crippen LogP) is 3.92. The van der Waals surface area contributed by atoms with Gasteiger partial charge in [0.2, 0.25) is 11.7 Å². The van der Waals surface area contributed by atoms with Crippen LogP contribution in [0.5, 0.6) is 0 Å². The molecular weight excluding hydrogens is 406 g/mol. The third-order valence-corrected chi connectivity index (χ3v) is 5.73. The van der Waals surface area contributed by atoms with E-state index in [0.717, 1.165) is 0 Å². The minimum Gasteiger partial charge on any atom is -0.461 e. The Balaban J connectivity index is 1.59. The van der Waals surface area contributed by atoms with Crippen LogP contribution >= 0.6 is 0 Å². The molecule has 9 heteroatoms. The van der Waals surface area contributed by atoms with Crippen LogP contribution in [0.3, 0.4) is 0 Å². The van der Waals surface area contributed by atoms with E-state index in [9.17, 15) is 13.2 Å². The highest BCUT2D eigenvalue weighted by molar-refractivity contribution is 7.92. The summed E-state index contributed by atoms with van der Waals surface area (Å²) in [4.78, 5) is 15.9. The standard InChI is InChI=1S/C21H17N3O5S/c1-14(25)15-7-4-8-17(12-15)30(26,27)24-18-9-3-2-6-16(18)13-20-22-21(23-29-20)19-10-5-11-28-19/h2-12,24H,13H2,1H3. The quantitative estimate of drug-likeness (QED) is 0.448. The van der Waals surface area contributed by atoms with Crippen LogP contribution in [0.1, 0.15) is 28.7 Å². The molecule has 4 aromatic rings. The number of nitrogens with zero attached hydrogens (tertiary/aromatic N) is 2. The molecule has 4 rings (SSSR count). The van der Waals surface area contributed by atoms with Gasteiger partial charge < -0.3 is 8.94 Å². The largest absolute Gasteiger partial charge is 0.461 e. The van der Waals surface area contributed by atoms with Gasteiger partial charge in [-0.15, -0.1) is 0 Å². The molecule has 0 atom stereocenters. The number of benzene rings is 2. The van der Waals surface area contributed by atoms with E-state index in [0.29, 0.717) is 34.3 Å². The molecule has 0 amide bonds. The summed E-state index contributed by atoms with van der Waals surface area (Å²) in [6.45, 7) is 1.38. The lowest BCUT2D eigenvalue weighted by Gasteiger charge is -2.12. The molecule has 8 nitrogen and oxygen atoms in total. The number of rotatable bonds is 7. The third-order valence-electron chi connectivity index (χ3n) is 4.36. The van der Waals surface area contributed by atoms with Crippen molar-refractivity contribution in [1.29, 1.82) is 0 Å². The highest BCUT2D eigenvalue weighted by Gasteiger charge is 2.19. The van der Waals surface area contributed by atoms with Gasteiger partial charge in [-0.05, 0) is 42.8 Å². The Hall–Kier alpha value is -3.72. The number of sulfonamides is 1. The summed E-state index contributed by atoms with van der Waals surface area (Å²) in [6.07, 6.45) is 1.73. The molecule has 0 radical (unpaired) electrons. The van der Waals surface area contributed by atoms with Gasteiger partial charge >= 0.3 is 0 Å². The van der Waals surface area contributed by atoms with Crippen LogP contribution in [0.15, 0.2) is 80.8 Å². The van der Waals surface area contributed by atoms with Gasteiger partial charge in [0.1, 0.15) is 0 Å². The number of aromatic nitrogens is 2. The summed E-state index contributed by atoms with van der Waals surface area (Å²) >= 11 is 0. The molecule has 2 heterocycles. The van der Waals surface area contributed by atoms with Crippen molar-refractivity contribution in [2.75, 3.05) is 4.72 Å². The van der Waals surface area contributed by atoms with Crippen LogP contribution in [0.25, 0.3) is 11.6 Å². The number of carbonyl (C=O) groups excluding carboxylic acids is 1. The van der Waals surface area contributed by atoms with Crippen LogP contribution < -0.4 is 4.72 Å². The number of Topliss-reactive ketones (excluding diaryl/α,β-unsaturated/α-hetero) is 1. The lowest BCUT2D eigenvalue weighted by Crippen LogP contribution is -2.15. The van der Waals surface area contributed by atoms with E-state index in [4.69, 9.17) is 8.94 Å². The number of anilines is 1. The topological polar surface area (TPSA) is 115 Å². The van der Waals surface area contributed by atoms with Crippen molar-refractivity contribution in [2.45, 2.75) is 18.2 Å². The van der Waals surface area contributed by atoms with Crippen LogP contribution in [0.4, 0.5) is 5.69 Å². The summed E-state index contributed by atoms with van der Waals surface area (Å²) in [5, 5.41) is 3.88. The molecule has 1 N–H and O–H groups in total.